The van der Waals surface area contributed by atoms with Gasteiger partial charge in [-0.2, -0.15) is 0 Å². The highest BCUT2D eigenvalue weighted by atomic mass is 16.5. The third kappa shape index (κ3) is 5.58. The number of hydrogen-bond acceptors (Lipinski definition) is 4. The number of pyridine rings is 1. The molecule has 102 valence electrons. The van der Waals surface area contributed by atoms with E-state index in [0.29, 0.717) is 0 Å². The van der Waals surface area contributed by atoms with Gasteiger partial charge >= 0.3 is 0 Å². The summed E-state index contributed by atoms with van der Waals surface area (Å²) in [5.41, 5.74) is 2.24. The van der Waals surface area contributed by atoms with Crippen molar-refractivity contribution in [1.82, 2.24) is 15.2 Å². The van der Waals surface area contributed by atoms with Crippen molar-refractivity contribution in [2.24, 2.45) is 0 Å². The zero-order valence-corrected chi connectivity index (χ0v) is 11.8. The molecule has 0 aliphatic rings. The molecule has 1 aromatic heterocycles. The molecular formula is C14H25N3O. The third-order valence-electron chi connectivity index (χ3n) is 2.87. The van der Waals surface area contributed by atoms with Gasteiger partial charge in [0.25, 0.3) is 0 Å². The Hall–Kier alpha value is -0.970. The molecule has 0 amide bonds. The Morgan fingerprint density at radius 1 is 1.28 bits per heavy atom. The summed E-state index contributed by atoms with van der Waals surface area (Å²) < 4.78 is 5.12. The summed E-state index contributed by atoms with van der Waals surface area (Å²) in [6.45, 7) is 9.71. The molecule has 1 N–H and O–H groups in total. The molecule has 0 aliphatic carbocycles. The molecule has 0 atom stereocenters. The quantitative estimate of drug-likeness (QED) is 0.724. The van der Waals surface area contributed by atoms with Crippen molar-refractivity contribution >= 4 is 0 Å². The summed E-state index contributed by atoms with van der Waals surface area (Å²) >= 11 is 0. The van der Waals surface area contributed by atoms with Crippen molar-refractivity contribution in [1.29, 1.82) is 0 Å². The highest BCUT2D eigenvalue weighted by molar-refractivity contribution is 5.11. The molecule has 0 fully saturated rings. The Labute approximate surface area is 110 Å². The molecule has 0 unspecified atom stereocenters. The van der Waals surface area contributed by atoms with E-state index in [2.05, 4.69) is 47.2 Å². The fourth-order valence-corrected chi connectivity index (χ4v) is 1.77. The topological polar surface area (TPSA) is 37.4 Å². The molecular weight excluding hydrogens is 226 g/mol. The van der Waals surface area contributed by atoms with Crippen LogP contribution in [0.5, 0.6) is 0 Å². The van der Waals surface area contributed by atoms with Gasteiger partial charge in [-0.15, -0.1) is 0 Å². The lowest BCUT2D eigenvalue weighted by Gasteiger charge is -2.19. The van der Waals surface area contributed by atoms with Crippen LogP contribution in [0.1, 0.15) is 25.2 Å². The van der Waals surface area contributed by atoms with Crippen molar-refractivity contribution < 1.29 is 4.74 Å². The summed E-state index contributed by atoms with van der Waals surface area (Å²) in [4.78, 5) is 7.00. The summed E-state index contributed by atoms with van der Waals surface area (Å²) in [6.07, 6.45) is 0. The first-order valence-corrected chi connectivity index (χ1v) is 6.67. The van der Waals surface area contributed by atoms with Crippen LogP contribution in [-0.4, -0.2) is 43.2 Å². The van der Waals surface area contributed by atoms with Gasteiger partial charge in [-0.3, -0.25) is 9.88 Å². The highest BCUT2D eigenvalue weighted by Crippen LogP contribution is 2.04. The maximum absolute atomic E-state index is 5.12. The van der Waals surface area contributed by atoms with Gasteiger partial charge in [0.05, 0.1) is 18.0 Å². The van der Waals surface area contributed by atoms with Crippen LogP contribution in [0.4, 0.5) is 0 Å². The normalized spacial score (nSPS) is 11.1. The standard InChI is InChI=1S/C14H25N3O/c1-4-15-11-13-7-6-8-14(16-13)12-17(5-2)9-10-18-3/h6-8,15H,4-5,9-12H2,1-3H3. The van der Waals surface area contributed by atoms with Crippen LogP contribution < -0.4 is 5.32 Å². The van der Waals surface area contributed by atoms with Crippen LogP contribution >= 0.6 is 0 Å². The average molecular weight is 251 g/mol. The van der Waals surface area contributed by atoms with Crippen molar-refractivity contribution in [3.63, 3.8) is 0 Å². The lowest BCUT2D eigenvalue weighted by molar-refractivity contribution is 0.146. The van der Waals surface area contributed by atoms with Gasteiger partial charge in [0, 0.05) is 26.7 Å². The van der Waals surface area contributed by atoms with Crippen LogP contribution in [-0.2, 0) is 17.8 Å². The molecule has 0 aliphatic heterocycles. The van der Waals surface area contributed by atoms with Crippen molar-refractivity contribution in [2.75, 3.05) is 33.4 Å². The lowest BCUT2D eigenvalue weighted by Crippen LogP contribution is -2.27. The summed E-state index contributed by atoms with van der Waals surface area (Å²) in [5, 5.41) is 3.30. The SMILES string of the molecule is CCNCc1cccc(CN(CC)CCOC)n1. The van der Waals surface area contributed by atoms with Crippen LogP contribution in [0.3, 0.4) is 0 Å². The van der Waals surface area contributed by atoms with Crippen molar-refractivity contribution in [3.05, 3.63) is 29.6 Å². The second-order valence-electron chi connectivity index (χ2n) is 4.26. The number of ether oxygens (including phenoxy) is 1. The van der Waals surface area contributed by atoms with E-state index >= 15 is 0 Å². The Balaban J connectivity index is 2.53. The van der Waals surface area contributed by atoms with Gasteiger partial charge in [0.15, 0.2) is 0 Å². The van der Waals surface area contributed by atoms with E-state index < -0.39 is 0 Å². The molecule has 0 bridgehead atoms. The Bertz CT molecular complexity index is 331. The molecule has 0 saturated carbocycles. The summed E-state index contributed by atoms with van der Waals surface area (Å²) in [5.74, 6) is 0. The predicted octanol–water partition coefficient (Wildman–Crippen LogP) is 1.66. The zero-order chi connectivity index (χ0) is 13.2. The molecule has 0 radical (unpaired) electrons. The van der Waals surface area contributed by atoms with E-state index in [1.165, 1.54) is 0 Å². The highest BCUT2D eigenvalue weighted by Gasteiger charge is 2.05. The first-order valence-electron chi connectivity index (χ1n) is 6.67. The minimum absolute atomic E-state index is 0.769. The second-order valence-corrected chi connectivity index (χ2v) is 4.26. The lowest BCUT2D eigenvalue weighted by atomic mass is 10.2. The van der Waals surface area contributed by atoms with Crippen molar-refractivity contribution in [3.8, 4) is 0 Å². The number of rotatable bonds is 9. The number of aromatic nitrogens is 1. The zero-order valence-electron chi connectivity index (χ0n) is 11.8. The minimum Gasteiger partial charge on any atom is -0.383 e. The Morgan fingerprint density at radius 3 is 2.72 bits per heavy atom. The third-order valence-corrected chi connectivity index (χ3v) is 2.87. The molecule has 4 heteroatoms. The van der Waals surface area contributed by atoms with Gasteiger partial charge in [-0.1, -0.05) is 19.9 Å². The number of likely N-dealkylation sites (N-methyl/N-ethyl adjacent to an activating group) is 1. The molecule has 1 heterocycles. The van der Waals surface area contributed by atoms with E-state index in [-0.39, 0.29) is 0 Å². The summed E-state index contributed by atoms with van der Waals surface area (Å²) in [7, 11) is 1.74. The second kappa shape index (κ2) is 9.03. The van der Waals surface area contributed by atoms with Crippen molar-refractivity contribution in [2.45, 2.75) is 26.9 Å². The smallest absolute Gasteiger partial charge is 0.0589 e. The number of nitrogens with one attached hydrogen (secondary N) is 1. The fraction of sp³-hybridized carbons (Fsp3) is 0.643. The molecule has 0 saturated heterocycles. The predicted molar refractivity (Wildman–Crippen MR) is 74.4 cm³/mol. The van der Waals surface area contributed by atoms with E-state index in [1.54, 1.807) is 7.11 Å². The van der Waals surface area contributed by atoms with E-state index in [1.807, 2.05) is 0 Å². The maximum Gasteiger partial charge on any atom is 0.0589 e. The number of methoxy groups -OCH3 is 1. The Morgan fingerprint density at radius 2 is 2.06 bits per heavy atom. The molecule has 1 rings (SSSR count). The van der Waals surface area contributed by atoms with Crippen LogP contribution in [0.15, 0.2) is 18.2 Å². The van der Waals surface area contributed by atoms with E-state index in [0.717, 1.165) is 50.7 Å². The van der Waals surface area contributed by atoms with Gasteiger partial charge in [-0.05, 0) is 25.2 Å². The van der Waals surface area contributed by atoms with Crippen LogP contribution in [0.2, 0.25) is 0 Å². The van der Waals surface area contributed by atoms with E-state index in [4.69, 9.17) is 4.74 Å². The molecule has 1 aromatic rings. The number of nitrogens with zero attached hydrogens (tertiary/aromatic N) is 2. The Kier molecular flexibility index (Phi) is 7.57. The molecule has 0 spiro atoms. The van der Waals surface area contributed by atoms with Gasteiger partial charge in [0.1, 0.15) is 0 Å². The molecule has 0 aromatic carbocycles. The number of hydrogen-bond donors (Lipinski definition) is 1. The van der Waals surface area contributed by atoms with Gasteiger partial charge < -0.3 is 10.1 Å². The maximum atomic E-state index is 5.12. The first-order chi connectivity index (χ1) is 8.80. The first kappa shape index (κ1) is 15.1. The van der Waals surface area contributed by atoms with Gasteiger partial charge in [-0.25, -0.2) is 0 Å². The largest absolute Gasteiger partial charge is 0.383 e. The van der Waals surface area contributed by atoms with Gasteiger partial charge in [0.2, 0.25) is 0 Å². The van der Waals surface area contributed by atoms with Crippen LogP contribution in [0, 0.1) is 0 Å². The minimum atomic E-state index is 0.769. The monoisotopic (exact) mass is 251 g/mol. The average Bonchev–Trinajstić information content (AvgIpc) is 2.41. The van der Waals surface area contributed by atoms with Crippen LogP contribution in [0.25, 0.3) is 0 Å². The van der Waals surface area contributed by atoms with E-state index in [9.17, 15) is 0 Å². The summed E-state index contributed by atoms with van der Waals surface area (Å²) in [6, 6.07) is 6.24. The molecule has 4 nitrogen and oxygen atoms in total. The molecule has 18 heavy (non-hydrogen) atoms. The fourth-order valence-electron chi connectivity index (χ4n) is 1.77.